The number of carbonyl (C=O) groups excluding carboxylic acids is 1. The Morgan fingerprint density at radius 2 is 1.94 bits per heavy atom. The zero-order valence-electron chi connectivity index (χ0n) is 20.3. The van der Waals surface area contributed by atoms with Gasteiger partial charge in [-0.25, -0.2) is 14.2 Å². The van der Waals surface area contributed by atoms with E-state index in [4.69, 9.17) is 9.72 Å². The van der Waals surface area contributed by atoms with Crippen molar-refractivity contribution in [2.75, 3.05) is 21.1 Å². The van der Waals surface area contributed by atoms with E-state index in [0.717, 1.165) is 16.5 Å². The molecule has 0 saturated heterocycles. The number of quaternary nitrogens is 1. The van der Waals surface area contributed by atoms with Gasteiger partial charge in [0.2, 0.25) is 0 Å². The first-order chi connectivity index (χ1) is 15.9. The number of benzene rings is 1. The Morgan fingerprint density at radius 1 is 1.24 bits per heavy atom. The van der Waals surface area contributed by atoms with Gasteiger partial charge < -0.3 is 18.9 Å². The first-order valence-corrected chi connectivity index (χ1v) is 11.5. The third-order valence-corrected chi connectivity index (χ3v) is 7.59. The molecule has 0 radical (unpaired) electrons. The van der Waals surface area contributed by atoms with Gasteiger partial charge in [0.1, 0.15) is 18.5 Å². The molecular formula is C26H29FN3O4+. The number of aliphatic hydroxyl groups is 1. The SMILES string of the molecule is CC[C@@]1(O)C(=O)OCc2c1cc1n(c2=O)Cc2c-1nc1cc(F)c(C)cc1c2[C@@H](C)[N+](C)(C)C. The molecule has 2 aliphatic rings. The van der Waals surface area contributed by atoms with Gasteiger partial charge in [-0.1, -0.05) is 6.92 Å². The van der Waals surface area contributed by atoms with E-state index in [1.165, 1.54) is 6.07 Å². The van der Waals surface area contributed by atoms with Gasteiger partial charge in [-0.3, -0.25) is 4.79 Å². The fourth-order valence-corrected chi connectivity index (χ4v) is 5.10. The van der Waals surface area contributed by atoms with Crippen molar-refractivity contribution in [3.8, 4) is 11.4 Å². The van der Waals surface area contributed by atoms with Crippen molar-refractivity contribution < 1.29 is 23.5 Å². The second-order valence-electron chi connectivity index (χ2n) is 10.4. The van der Waals surface area contributed by atoms with Crippen LogP contribution in [0.25, 0.3) is 22.3 Å². The summed E-state index contributed by atoms with van der Waals surface area (Å²) in [7, 11) is 6.28. The van der Waals surface area contributed by atoms with E-state index in [1.54, 1.807) is 24.5 Å². The predicted octanol–water partition coefficient (Wildman–Crippen LogP) is 3.29. The Labute approximate surface area is 197 Å². The molecule has 1 N–H and O–H groups in total. The minimum absolute atomic E-state index is 0.0289. The molecule has 0 spiro atoms. The summed E-state index contributed by atoms with van der Waals surface area (Å²) >= 11 is 0. The lowest BCUT2D eigenvalue weighted by molar-refractivity contribution is -0.900. The number of halogens is 1. The van der Waals surface area contributed by atoms with Gasteiger partial charge in [-0.05, 0) is 38.0 Å². The average molecular weight is 467 g/mol. The van der Waals surface area contributed by atoms with Crippen molar-refractivity contribution in [1.29, 1.82) is 0 Å². The van der Waals surface area contributed by atoms with Gasteiger partial charge in [0.25, 0.3) is 5.56 Å². The fourth-order valence-electron chi connectivity index (χ4n) is 5.10. The molecule has 0 aliphatic carbocycles. The highest BCUT2D eigenvalue weighted by Crippen LogP contribution is 2.43. The van der Waals surface area contributed by atoms with Crippen LogP contribution in [0.1, 0.15) is 54.1 Å². The Balaban J connectivity index is 1.87. The molecule has 0 saturated carbocycles. The second kappa shape index (κ2) is 7.20. The highest BCUT2D eigenvalue weighted by atomic mass is 19.1. The summed E-state index contributed by atoms with van der Waals surface area (Å²) in [5.74, 6) is -1.10. The number of aryl methyl sites for hydroxylation is 1. The van der Waals surface area contributed by atoms with Crippen LogP contribution in [0.5, 0.6) is 0 Å². The van der Waals surface area contributed by atoms with Crippen LogP contribution in [-0.2, 0) is 28.3 Å². The fraction of sp³-hybridized carbons (Fsp3) is 0.423. The van der Waals surface area contributed by atoms with Crippen molar-refractivity contribution in [1.82, 2.24) is 9.55 Å². The molecule has 5 rings (SSSR count). The van der Waals surface area contributed by atoms with Gasteiger partial charge in [-0.15, -0.1) is 0 Å². The zero-order valence-corrected chi connectivity index (χ0v) is 20.3. The van der Waals surface area contributed by atoms with Gasteiger partial charge in [0, 0.05) is 28.1 Å². The largest absolute Gasteiger partial charge is 0.458 e. The molecule has 178 valence electrons. The molecule has 4 heterocycles. The maximum atomic E-state index is 14.6. The van der Waals surface area contributed by atoms with Crippen LogP contribution in [0.4, 0.5) is 4.39 Å². The topological polar surface area (TPSA) is 81.4 Å². The third kappa shape index (κ3) is 2.98. The number of fused-ring (bicyclic) bond motifs is 5. The van der Waals surface area contributed by atoms with Gasteiger partial charge in [-0.2, -0.15) is 0 Å². The lowest BCUT2D eigenvalue weighted by Crippen LogP contribution is -2.44. The first kappa shape index (κ1) is 22.7. The normalized spacial score (nSPS) is 20.1. The molecule has 2 aliphatic heterocycles. The number of ether oxygens (including phenoxy) is 1. The minimum atomic E-state index is -1.89. The Bertz CT molecular complexity index is 1450. The Morgan fingerprint density at radius 3 is 2.59 bits per heavy atom. The van der Waals surface area contributed by atoms with Gasteiger partial charge in [0.15, 0.2) is 5.60 Å². The number of nitrogens with zero attached hydrogens (tertiary/aromatic N) is 3. The maximum absolute atomic E-state index is 14.6. The number of cyclic esters (lactones) is 1. The highest BCUT2D eigenvalue weighted by Gasteiger charge is 2.45. The molecule has 2 aromatic heterocycles. The minimum Gasteiger partial charge on any atom is -0.458 e. The summed E-state index contributed by atoms with van der Waals surface area (Å²) in [6.45, 7) is 5.67. The van der Waals surface area contributed by atoms with Crippen LogP contribution >= 0.6 is 0 Å². The number of hydrogen-bond donors (Lipinski definition) is 1. The van der Waals surface area contributed by atoms with Crippen LogP contribution in [0.15, 0.2) is 23.0 Å². The lowest BCUT2D eigenvalue weighted by atomic mass is 9.86. The van der Waals surface area contributed by atoms with E-state index < -0.39 is 11.6 Å². The van der Waals surface area contributed by atoms with E-state index in [9.17, 15) is 19.1 Å². The number of rotatable bonds is 3. The van der Waals surface area contributed by atoms with Gasteiger partial charge in [0.05, 0.1) is 50.2 Å². The quantitative estimate of drug-likeness (QED) is 0.370. The Kier molecular flexibility index (Phi) is 4.80. The molecule has 0 fully saturated rings. The average Bonchev–Trinajstić information content (AvgIpc) is 3.13. The van der Waals surface area contributed by atoms with E-state index >= 15 is 0 Å². The number of pyridine rings is 2. The Hall–Kier alpha value is -3.10. The molecule has 8 heteroatoms. The molecule has 0 bridgehead atoms. The molecule has 0 amide bonds. The standard InChI is InChI=1S/C26H29FN3O4/c1-7-26(33)18-9-21-23-16(11-29(21)24(31)17(18)12-34-25(26)32)22(14(3)30(4,5)6)15-8-13(2)19(27)10-20(15)28-23/h8-10,14,33H,7,11-12H2,1-6H3/q+1/t14-,26+/m1/s1. The monoisotopic (exact) mass is 466 g/mol. The maximum Gasteiger partial charge on any atom is 0.343 e. The summed E-state index contributed by atoms with van der Waals surface area (Å²) in [5, 5.41) is 12.0. The van der Waals surface area contributed by atoms with Crippen molar-refractivity contribution in [2.24, 2.45) is 0 Å². The molecule has 0 unspecified atom stereocenters. The van der Waals surface area contributed by atoms with Crippen LogP contribution < -0.4 is 5.56 Å². The van der Waals surface area contributed by atoms with E-state index in [2.05, 4.69) is 28.1 Å². The van der Waals surface area contributed by atoms with E-state index in [-0.39, 0.29) is 41.6 Å². The number of aromatic nitrogens is 2. The van der Waals surface area contributed by atoms with E-state index in [0.29, 0.717) is 33.5 Å². The van der Waals surface area contributed by atoms with Crippen LogP contribution in [0.2, 0.25) is 0 Å². The lowest BCUT2D eigenvalue weighted by Gasteiger charge is -2.33. The summed E-state index contributed by atoms with van der Waals surface area (Å²) in [6.07, 6.45) is 0.0774. The molecule has 3 aromatic rings. The van der Waals surface area contributed by atoms with Crippen molar-refractivity contribution >= 4 is 16.9 Å². The predicted molar refractivity (Wildman–Crippen MR) is 126 cm³/mol. The summed E-state index contributed by atoms with van der Waals surface area (Å²) < 4.78 is 22.0. The number of hydrogen-bond acceptors (Lipinski definition) is 5. The first-order valence-electron chi connectivity index (χ1n) is 11.5. The third-order valence-electron chi connectivity index (χ3n) is 7.59. The molecule has 1 aromatic carbocycles. The van der Waals surface area contributed by atoms with E-state index in [1.807, 2.05) is 6.07 Å². The zero-order chi connectivity index (χ0) is 24.7. The van der Waals surface area contributed by atoms with Crippen molar-refractivity contribution in [3.05, 3.63) is 62.2 Å². The van der Waals surface area contributed by atoms with Gasteiger partial charge >= 0.3 is 5.97 Å². The highest BCUT2D eigenvalue weighted by molar-refractivity contribution is 5.90. The summed E-state index contributed by atoms with van der Waals surface area (Å²) in [6, 6.07) is 4.99. The smallest absolute Gasteiger partial charge is 0.343 e. The van der Waals surface area contributed by atoms with Crippen LogP contribution in [0.3, 0.4) is 0 Å². The van der Waals surface area contributed by atoms with Crippen molar-refractivity contribution in [2.45, 2.75) is 52.0 Å². The summed E-state index contributed by atoms with van der Waals surface area (Å²) in [4.78, 5) is 30.8. The molecule has 7 nitrogen and oxygen atoms in total. The molecule has 2 atom stereocenters. The number of esters is 1. The molecular weight excluding hydrogens is 437 g/mol. The number of carbonyl (C=O) groups is 1. The van der Waals surface area contributed by atoms with Crippen molar-refractivity contribution in [3.63, 3.8) is 0 Å². The van der Waals surface area contributed by atoms with Crippen LogP contribution in [-0.4, -0.2) is 46.3 Å². The molecule has 34 heavy (non-hydrogen) atoms. The second-order valence-corrected chi connectivity index (χ2v) is 10.4. The van der Waals surface area contributed by atoms with Crippen LogP contribution in [0, 0.1) is 12.7 Å². The summed E-state index contributed by atoms with van der Waals surface area (Å²) in [5.41, 5.74) is 2.46.